The minimum atomic E-state index is -0.294. The molecule has 1 saturated carbocycles. The van der Waals surface area contributed by atoms with Gasteiger partial charge in [0.2, 0.25) is 0 Å². The summed E-state index contributed by atoms with van der Waals surface area (Å²) in [5, 5.41) is 22.4. The normalized spacial score (nSPS) is 19.5. The second kappa shape index (κ2) is 7.17. The van der Waals surface area contributed by atoms with Crippen molar-refractivity contribution in [3.63, 3.8) is 0 Å². The molecule has 0 bridgehead atoms. The lowest BCUT2D eigenvalue weighted by Gasteiger charge is -2.30. The Hall–Kier alpha value is -3.46. The lowest BCUT2D eigenvalue weighted by Crippen LogP contribution is -2.42. The van der Waals surface area contributed by atoms with E-state index in [2.05, 4.69) is 31.0 Å². The van der Waals surface area contributed by atoms with Gasteiger partial charge in [-0.25, -0.2) is 10.1 Å². The molecule has 1 fully saturated rings. The first-order valence-corrected chi connectivity index (χ1v) is 9.79. The van der Waals surface area contributed by atoms with Crippen molar-refractivity contribution in [1.82, 2.24) is 25.4 Å². The molecule has 3 aromatic heterocycles. The number of H-pyrrole nitrogens is 2. The van der Waals surface area contributed by atoms with E-state index in [-0.39, 0.29) is 17.6 Å². The first-order valence-electron chi connectivity index (χ1n) is 9.79. The maximum absolute atomic E-state index is 12.5. The lowest BCUT2D eigenvalue weighted by atomic mass is 9.91. The largest absolute Gasteiger partial charge is 0.366 e. The predicted octanol–water partition coefficient (Wildman–Crippen LogP) is 2.62. The molecule has 0 spiro atoms. The van der Waals surface area contributed by atoms with Gasteiger partial charge in [0.15, 0.2) is 0 Å². The molecular formula is C20H22N8O. The fourth-order valence-corrected chi connectivity index (χ4v) is 4.02. The second-order valence-electron chi connectivity index (χ2n) is 7.48. The van der Waals surface area contributed by atoms with Gasteiger partial charge in [0.25, 0.3) is 5.56 Å². The number of nitrogens with two attached hydrogens (primary N) is 1. The molecule has 9 heteroatoms. The maximum Gasteiger partial charge on any atom is 0.275 e. The third-order valence-electron chi connectivity index (χ3n) is 5.54. The Bertz CT molecular complexity index is 1230. The highest BCUT2D eigenvalue weighted by Gasteiger charge is 2.22. The van der Waals surface area contributed by atoms with E-state index >= 15 is 0 Å². The number of aromatic nitrogens is 5. The molecule has 0 amide bonds. The van der Waals surface area contributed by atoms with Crippen LogP contribution in [-0.4, -0.2) is 37.5 Å². The molecule has 2 atom stereocenters. The van der Waals surface area contributed by atoms with Crippen LogP contribution in [-0.2, 0) is 0 Å². The minimum absolute atomic E-state index is 0.0923. The van der Waals surface area contributed by atoms with E-state index < -0.39 is 0 Å². The number of aromatic amines is 2. The highest BCUT2D eigenvalue weighted by atomic mass is 16.1. The Kier molecular flexibility index (Phi) is 4.36. The summed E-state index contributed by atoms with van der Waals surface area (Å²) in [7, 11) is 0. The number of nitrogens with one attached hydrogen (secondary N) is 4. The van der Waals surface area contributed by atoms with Crippen molar-refractivity contribution in [3.8, 4) is 0 Å². The minimum Gasteiger partial charge on any atom is -0.366 e. The van der Waals surface area contributed by atoms with Crippen molar-refractivity contribution in [2.75, 3.05) is 10.6 Å². The maximum atomic E-state index is 12.5. The molecule has 148 valence electrons. The Labute approximate surface area is 166 Å². The second-order valence-corrected chi connectivity index (χ2v) is 7.48. The van der Waals surface area contributed by atoms with Crippen molar-refractivity contribution in [1.29, 1.82) is 0 Å². The van der Waals surface area contributed by atoms with Crippen molar-refractivity contribution in [3.05, 3.63) is 47.0 Å². The SMILES string of the molecule is N[C@H]1CCCC[C@H]1Nc1cc2cn[nH]c(=O)c2c(Nc2cccc3[nH]ncc23)n1. The van der Waals surface area contributed by atoms with Gasteiger partial charge in [-0.3, -0.25) is 9.89 Å². The quantitative estimate of drug-likeness (QED) is 0.361. The monoisotopic (exact) mass is 390 g/mol. The summed E-state index contributed by atoms with van der Waals surface area (Å²) in [5.41, 5.74) is 7.71. The van der Waals surface area contributed by atoms with Gasteiger partial charge < -0.3 is 16.4 Å². The summed E-state index contributed by atoms with van der Waals surface area (Å²) in [5.74, 6) is 1.14. The molecule has 1 aliphatic rings. The number of anilines is 3. The molecule has 4 aromatic rings. The number of benzene rings is 1. The number of hydrogen-bond donors (Lipinski definition) is 5. The van der Waals surface area contributed by atoms with Crippen LogP contribution in [0.25, 0.3) is 21.7 Å². The van der Waals surface area contributed by atoms with Crippen LogP contribution in [0.5, 0.6) is 0 Å². The van der Waals surface area contributed by atoms with E-state index in [1.54, 1.807) is 12.4 Å². The van der Waals surface area contributed by atoms with Crippen LogP contribution in [0.2, 0.25) is 0 Å². The molecular weight excluding hydrogens is 368 g/mol. The fourth-order valence-electron chi connectivity index (χ4n) is 4.02. The van der Waals surface area contributed by atoms with E-state index in [4.69, 9.17) is 10.7 Å². The van der Waals surface area contributed by atoms with Crippen LogP contribution in [0.15, 0.2) is 41.5 Å². The summed E-state index contributed by atoms with van der Waals surface area (Å²) in [6, 6.07) is 7.89. The van der Waals surface area contributed by atoms with Crippen LogP contribution in [0, 0.1) is 0 Å². The average Bonchev–Trinajstić information content (AvgIpc) is 3.20. The summed E-state index contributed by atoms with van der Waals surface area (Å²) in [6.45, 7) is 0. The molecule has 0 radical (unpaired) electrons. The van der Waals surface area contributed by atoms with Crippen LogP contribution in [0.1, 0.15) is 25.7 Å². The van der Waals surface area contributed by atoms with Crippen molar-refractivity contribution in [2.24, 2.45) is 5.73 Å². The average molecular weight is 390 g/mol. The molecule has 0 unspecified atom stereocenters. The van der Waals surface area contributed by atoms with E-state index in [0.717, 1.165) is 42.3 Å². The number of fused-ring (bicyclic) bond motifs is 2. The molecule has 29 heavy (non-hydrogen) atoms. The zero-order valence-electron chi connectivity index (χ0n) is 15.8. The van der Waals surface area contributed by atoms with Crippen molar-refractivity contribution in [2.45, 2.75) is 37.8 Å². The molecule has 5 rings (SSSR count). The van der Waals surface area contributed by atoms with Gasteiger partial charge in [0.05, 0.1) is 29.0 Å². The van der Waals surface area contributed by atoms with E-state index in [0.29, 0.717) is 22.4 Å². The zero-order chi connectivity index (χ0) is 19.8. The summed E-state index contributed by atoms with van der Waals surface area (Å²) in [6.07, 6.45) is 7.69. The number of rotatable bonds is 4. The van der Waals surface area contributed by atoms with Crippen LogP contribution in [0.4, 0.5) is 17.3 Å². The number of hydrogen-bond acceptors (Lipinski definition) is 7. The van der Waals surface area contributed by atoms with Crippen LogP contribution < -0.4 is 21.9 Å². The molecule has 1 aromatic carbocycles. The Morgan fingerprint density at radius 1 is 1.10 bits per heavy atom. The van der Waals surface area contributed by atoms with E-state index in [1.165, 1.54) is 0 Å². The Morgan fingerprint density at radius 2 is 1.97 bits per heavy atom. The number of pyridine rings is 1. The van der Waals surface area contributed by atoms with Gasteiger partial charge in [0.1, 0.15) is 11.6 Å². The third-order valence-corrected chi connectivity index (χ3v) is 5.54. The fraction of sp³-hybridized carbons (Fsp3) is 0.300. The van der Waals surface area contributed by atoms with Crippen molar-refractivity contribution < 1.29 is 0 Å². The van der Waals surface area contributed by atoms with Gasteiger partial charge in [0, 0.05) is 22.9 Å². The first-order chi connectivity index (χ1) is 14.2. The summed E-state index contributed by atoms with van der Waals surface area (Å²) in [4.78, 5) is 17.2. The predicted molar refractivity (Wildman–Crippen MR) is 113 cm³/mol. The van der Waals surface area contributed by atoms with Gasteiger partial charge in [-0.2, -0.15) is 10.2 Å². The summed E-state index contributed by atoms with van der Waals surface area (Å²) < 4.78 is 0. The smallest absolute Gasteiger partial charge is 0.275 e. The molecule has 1 aliphatic carbocycles. The third kappa shape index (κ3) is 3.29. The molecule has 3 heterocycles. The molecule has 0 saturated heterocycles. The van der Waals surface area contributed by atoms with Gasteiger partial charge >= 0.3 is 0 Å². The van der Waals surface area contributed by atoms with Crippen molar-refractivity contribution >= 4 is 39.0 Å². The van der Waals surface area contributed by atoms with E-state index in [1.807, 2.05) is 24.3 Å². The topological polar surface area (TPSA) is 137 Å². The van der Waals surface area contributed by atoms with Gasteiger partial charge in [-0.15, -0.1) is 0 Å². The van der Waals surface area contributed by atoms with E-state index in [9.17, 15) is 4.79 Å². The zero-order valence-corrected chi connectivity index (χ0v) is 15.8. The molecule has 9 nitrogen and oxygen atoms in total. The highest BCUT2D eigenvalue weighted by Crippen LogP contribution is 2.29. The Balaban J connectivity index is 1.59. The number of nitrogens with zero attached hydrogens (tertiary/aromatic N) is 3. The highest BCUT2D eigenvalue weighted by molar-refractivity contribution is 5.98. The summed E-state index contributed by atoms with van der Waals surface area (Å²) >= 11 is 0. The molecule has 0 aliphatic heterocycles. The molecule has 6 N–H and O–H groups in total. The first kappa shape index (κ1) is 17.6. The Morgan fingerprint density at radius 3 is 2.86 bits per heavy atom. The lowest BCUT2D eigenvalue weighted by molar-refractivity contribution is 0.403. The van der Waals surface area contributed by atoms with Crippen LogP contribution >= 0.6 is 0 Å². The van der Waals surface area contributed by atoms with Crippen LogP contribution in [0.3, 0.4) is 0 Å². The van der Waals surface area contributed by atoms with Gasteiger partial charge in [-0.1, -0.05) is 18.9 Å². The van der Waals surface area contributed by atoms with Gasteiger partial charge in [-0.05, 0) is 31.0 Å². The standard InChI is InChI=1S/C20H22N8O/c21-13-4-1-2-5-16(13)24-17-8-11-9-22-28-20(29)18(11)19(26-17)25-14-6-3-7-15-12(14)10-23-27-15/h3,6-10,13,16H,1-2,4-5,21H2,(H,23,27)(H,28,29)(H2,24,25,26)/t13-,16+/m0/s1.